The van der Waals surface area contributed by atoms with Gasteiger partial charge in [-0.25, -0.2) is 19.6 Å². The third-order valence-corrected chi connectivity index (χ3v) is 4.12. The zero-order valence-electron chi connectivity index (χ0n) is 14.5. The summed E-state index contributed by atoms with van der Waals surface area (Å²) in [4.78, 5) is 13.1. The highest BCUT2D eigenvalue weighted by Gasteiger charge is 2.12. The Bertz CT molecular complexity index is 1160. The molecule has 0 atom stereocenters. The van der Waals surface area contributed by atoms with Gasteiger partial charge in [0, 0.05) is 31.2 Å². The molecule has 0 saturated heterocycles. The molecule has 0 aliphatic carbocycles. The summed E-state index contributed by atoms with van der Waals surface area (Å²) in [7, 11) is 1.76. The van der Waals surface area contributed by atoms with Gasteiger partial charge in [0.05, 0.1) is 36.9 Å². The molecule has 3 N–H and O–H groups in total. The van der Waals surface area contributed by atoms with Crippen molar-refractivity contribution < 1.29 is 5.11 Å². The molecule has 4 heterocycles. The summed E-state index contributed by atoms with van der Waals surface area (Å²) in [5.74, 6) is 0. The van der Waals surface area contributed by atoms with E-state index in [2.05, 4.69) is 30.6 Å². The van der Waals surface area contributed by atoms with Crippen LogP contribution >= 0.6 is 0 Å². The van der Waals surface area contributed by atoms with Crippen molar-refractivity contribution in [2.45, 2.75) is 13.2 Å². The van der Waals surface area contributed by atoms with Gasteiger partial charge in [-0.3, -0.25) is 0 Å². The van der Waals surface area contributed by atoms with Crippen molar-refractivity contribution in [2.75, 3.05) is 7.05 Å². The minimum atomic E-state index is -0.0874. The van der Waals surface area contributed by atoms with Gasteiger partial charge in [0.2, 0.25) is 5.65 Å². The number of aliphatic hydroxyl groups excluding tert-OH is 1. The lowest BCUT2D eigenvalue weighted by molar-refractivity contribution is 0.276. The molecule has 0 saturated carbocycles. The second kappa shape index (κ2) is 6.92. The van der Waals surface area contributed by atoms with E-state index in [1.807, 2.05) is 22.7 Å². The van der Waals surface area contributed by atoms with Crippen molar-refractivity contribution in [3.05, 3.63) is 53.9 Å². The Hall–Kier alpha value is -3.66. The number of imidazole rings is 1. The zero-order valence-corrected chi connectivity index (χ0v) is 14.5. The van der Waals surface area contributed by atoms with Crippen molar-refractivity contribution in [1.29, 1.82) is 5.41 Å². The van der Waals surface area contributed by atoms with E-state index in [9.17, 15) is 5.11 Å². The summed E-state index contributed by atoms with van der Waals surface area (Å²) < 4.78 is 3.50. The Balaban J connectivity index is 1.73. The van der Waals surface area contributed by atoms with Gasteiger partial charge in [-0.2, -0.15) is 0 Å². The van der Waals surface area contributed by atoms with E-state index in [1.165, 1.54) is 6.21 Å². The molecule has 10 heteroatoms. The molecule has 0 aliphatic rings. The minimum absolute atomic E-state index is 0.0874. The van der Waals surface area contributed by atoms with Gasteiger partial charge in [0.1, 0.15) is 5.65 Å². The first-order chi connectivity index (χ1) is 13.2. The molecular formula is C17H17N9O. The first kappa shape index (κ1) is 16.8. The summed E-state index contributed by atoms with van der Waals surface area (Å²) in [6, 6.07) is 3.83. The number of pyridine rings is 1. The minimum Gasteiger partial charge on any atom is -0.393 e. The lowest BCUT2D eigenvalue weighted by Gasteiger charge is -2.06. The van der Waals surface area contributed by atoms with Crippen LogP contribution in [-0.2, 0) is 13.2 Å². The van der Waals surface area contributed by atoms with E-state index in [1.54, 1.807) is 30.3 Å². The third-order valence-electron chi connectivity index (χ3n) is 4.12. The Kier molecular flexibility index (Phi) is 4.30. The number of nitrogens with zero attached hydrogens (tertiary/aromatic N) is 7. The fraction of sp³-hybridized carbons (Fsp3) is 0.176. The summed E-state index contributed by atoms with van der Waals surface area (Å²) in [6.07, 6.45) is 8.02. The van der Waals surface area contributed by atoms with Gasteiger partial charge in [0.25, 0.3) is 0 Å². The Morgan fingerprint density at radius 1 is 1.30 bits per heavy atom. The predicted molar refractivity (Wildman–Crippen MR) is 99.2 cm³/mol. The summed E-state index contributed by atoms with van der Waals surface area (Å²) in [5, 5.41) is 28.1. The maximum atomic E-state index is 9.43. The number of fused-ring (bicyclic) bond motifs is 2. The van der Waals surface area contributed by atoms with E-state index in [-0.39, 0.29) is 6.61 Å². The van der Waals surface area contributed by atoms with Gasteiger partial charge in [-0.05, 0) is 11.6 Å². The molecule has 4 rings (SSSR count). The molecule has 0 spiro atoms. The van der Waals surface area contributed by atoms with Crippen LogP contribution in [0.25, 0.3) is 22.5 Å². The van der Waals surface area contributed by atoms with Crippen molar-refractivity contribution in [3.8, 4) is 0 Å². The number of allylic oxidation sites excluding steroid dienone is 1. The van der Waals surface area contributed by atoms with Crippen molar-refractivity contribution in [1.82, 2.24) is 39.7 Å². The molecule has 4 aromatic heterocycles. The molecule has 0 aliphatic heterocycles. The van der Waals surface area contributed by atoms with Gasteiger partial charge in [-0.1, -0.05) is 11.3 Å². The van der Waals surface area contributed by atoms with Crippen molar-refractivity contribution in [2.24, 2.45) is 0 Å². The maximum Gasteiger partial charge on any atom is 0.221 e. The maximum absolute atomic E-state index is 9.43. The number of nitrogens with one attached hydrogen (secondary N) is 2. The summed E-state index contributed by atoms with van der Waals surface area (Å²) in [5.41, 5.74) is 4.56. The molecule has 0 aromatic carbocycles. The average molecular weight is 363 g/mol. The highest BCUT2D eigenvalue weighted by atomic mass is 16.3. The number of aromatic nitrogens is 7. The van der Waals surface area contributed by atoms with Crippen LogP contribution in [0.15, 0.2) is 36.9 Å². The van der Waals surface area contributed by atoms with Crippen LogP contribution in [0.4, 0.5) is 0 Å². The molecule has 0 amide bonds. The summed E-state index contributed by atoms with van der Waals surface area (Å²) >= 11 is 0. The molecular weight excluding hydrogens is 346 g/mol. The number of rotatable bonds is 6. The molecule has 0 radical (unpaired) electrons. The monoisotopic (exact) mass is 363 g/mol. The summed E-state index contributed by atoms with van der Waals surface area (Å²) in [6.45, 7) is 0.346. The van der Waals surface area contributed by atoms with Crippen molar-refractivity contribution >= 4 is 28.7 Å². The fourth-order valence-electron chi connectivity index (χ4n) is 2.80. The smallest absolute Gasteiger partial charge is 0.221 e. The number of hydrogen-bond donors (Lipinski definition) is 3. The largest absolute Gasteiger partial charge is 0.393 e. The van der Waals surface area contributed by atoms with Gasteiger partial charge >= 0.3 is 0 Å². The Labute approximate surface area is 153 Å². The lowest BCUT2D eigenvalue weighted by atomic mass is 10.2. The topological polar surface area (TPSA) is 130 Å². The van der Waals surface area contributed by atoms with E-state index in [0.717, 1.165) is 11.2 Å². The Morgan fingerprint density at radius 3 is 2.96 bits per heavy atom. The quantitative estimate of drug-likeness (QED) is 0.428. The first-order valence-electron chi connectivity index (χ1n) is 8.23. The van der Waals surface area contributed by atoms with E-state index in [0.29, 0.717) is 34.8 Å². The molecule has 10 nitrogen and oxygen atoms in total. The van der Waals surface area contributed by atoms with Crippen LogP contribution in [0, 0.1) is 5.41 Å². The zero-order chi connectivity index (χ0) is 18.8. The van der Waals surface area contributed by atoms with Crippen LogP contribution in [0.2, 0.25) is 0 Å². The van der Waals surface area contributed by atoms with Crippen molar-refractivity contribution in [3.63, 3.8) is 0 Å². The predicted octanol–water partition coefficient (Wildman–Crippen LogP) is 0.619. The highest BCUT2D eigenvalue weighted by molar-refractivity contribution is 6.07. The highest BCUT2D eigenvalue weighted by Crippen LogP contribution is 2.15. The molecule has 0 bridgehead atoms. The standard InChI is InChI=1S/C17H17N9O/c1-19-5-12(4-18)14-7-21-16-17(22-14)26(24-23-16)9-11-2-3-15-20-6-13(10-27)25(15)8-11/h2-8,18-19,27H,9-10H2,1H3/b12-5+,18-4?. The average Bonchev–Trinajstić information content (AvgIpc) is 3.29. The van der Waals surface area contributed by atoms with Crippen LogP contribution < -0.4 is 5.32 Å². The second-order valence-electron chi connectivity index (χ2n) is 5.86. The molecule has 136 valence electrons. The molecule has 0 fully saturated rings. The van der Waals surface area contributed by atoms with Crippen LogP contribution in [0.3, 0.4) is 0 Å². The molecule has 27 heavy (non-hydrogen) atoms. The van der Waals surface area contributed by atoms with Crippen LogP contribution in [-0.4, -0.2) is 52.7 Å². The van der Waals surface area contributed by atoms with Gasteiger partial charge in [-0.15, -0.1) is 5.10 Å². The second-order valence-corrected chi connectivity index (χ2v) is 5.86. The van der Waals surface area contributed by atoms with Gasteiger partial charge in [0.15, 0.2) is 5.65 Å². The third kappa shape index (κ3) is 3.02. The lowest BCUT2D eigenvalue weighted by Crippen LogP contribution is -2.06. The van der Waals surface area contributed by atoms with Gasteiger partial charge < -0.3 is 20.2 Å². The molecule has 4 aromatic rings. The SMILES string of the molecule is CN/C=C(\C=N)c1cnc2nnn(Cc3ccc4ncc(CO)n4c3)c2n1. The first-order valence-corrected chi connectivity index (χ1v) is 8.23. The van der Waals surface area contributed by atoms with E-state index < -0.39 is 0 Å². The van der Waals surface area contributed by atoms with E-state index in [4.69, 9.17) is 5.41 Å². The normalized spacial score (nSPS) is 12.0. The fourth-order valence-corrected chi connectivity index (χ4v) is 2.80. The van der Waals surface area contributed by atoms with Crippen LogP contribution in [0.5, 0.6) is 0 Å². The molecule has 0 unspecified atom stereocenters. The van der Waals surface area contributed by atoms with Crippen LogP contribution in [0.1, 0.15) is 17.0 Å². The van der Waals surface area contributed by atoms with E-state index >= 15 is 0 Å². The number of hydrogen-bond acceptors (Lipinski definition) is 8. The Morgan fingerprint density at radius 2 is 2.19 bits per heavy atom. The number of aliphatic hydroxyl groups is 1.